The molecule has 2 aromatic rings. The largest absolute Gasteiger partial charge is 0.323 e. The highest BCUT2D eigenvalue weighted by Crippen LogP contribution is 2.24. The lowest BCUT2D eigenvalue weighted by atomic mass is 10.2. The van der Waals surface area contributed by atoms with Crippen LogP contribution in [0, 0.1) is 5.82 Å². The third kappa shape index (κ3) is 2.38. The van der Waals surface area contributed by atoms with Crippen LogP contribution in [0.3, 0.4) is 0 Å². The zero-order valence-electron chi connectivity index (χ0n) is 9.65. The van der Waals surface area contributed by atoms with Crippen molar-refractivity contribution in [1.82, 2.24) is 9.55 Å². The second kappa shape index (κ2) is 4.81. The van der Waals surface area contributed by atoms with Crippen LogP contribution in [0.15, 0.2) is 30.7 Å². The fourth-order valence-electron chi connectivity index (χ4n) is 1.57. The van der Waals surface area contributed by atoms with Crippen molar-refractivity contribution >= 4 is 0 Å². The van der Waals surface area contributed by atoms with E-state index in [2.05, 4.69) is 4.98 Å². The van der Waals surface area contributed by atoms with Gasteiger partial charge >= 0.3 is 0 Å². The van der Waals surface area contributed by atoms with Crippen LogP contribution in [0.1, 0.15) is 30.6 Å². The first-order chi connectivity index (χ1) is 8.49. The summed E-state index contributed by atoms with van der Waals surface area (Å²) in [5, 5.41) is 0. The first-order valence-electron chi connectivity index (χ1n) is 5.36. The van der Waals surface area contributed by atoms with E-state index in [9.17, 15) is 13.2 Å². The quantitative estimate of drug-likeness (QED) is 0.916. The minimum atomic E-state index is -2.82. The second-order valence-corrected chi connectivity index (χ2v) is 4.00. The van der Waals surface area contributed by atoms with Crippen LogP contribution in [-0.2, 0) is 0 Å². The van der Waals surface area contributed by atoms with Gasteiger partial charge in [-0.25, -0.2) is 18.2 Å². The molecule has 6 heteroatoms. The molecule has 96 valence electrons. The number of rotatable bonds is 3. The average molecular weight is 255 g/mol. The number of hydrogen-bond donors (Lipinski definition) is 1. The highest BCUT2D eigenvalue weighted by Gasteiger charge is 2.14. The number of benzene rings is 1. The maximum atomic E-state index is 13.4. The highest BCUT2D eigenvalue weighted by atomic mass is 19.3. The summed E-state index contributed by atoms with van der Waals surface area (Å²) in [6.07, 6.45) is 0.290. The summed E-state index contributed by atoms with van der Waals surface area (Å²) in [5.41, 5.74) is 6.12. The molecule has 1 heterocycles. The Morgan fingerprint density at radius 3 is 2.56 bits per heavy atom. The van der Waals surface area contributed by atoms with Gasteiger partial charge in [-0.3, -0.25) is 0 Å². The van der Waals surface area contributed by atoms with Crippen molar-refractivity contribution in [3.05, 3.63) is 47.8 Å². The molecule has 0 bridgehead atoms. The molecule has 0 aliphatic rings. The molecule has 0 fully saturated rings. The number of aromatic nitrogens is 2. The molecule has 18 heavy (non-hydrogen) atoms. The molecular weight excluding hydrogens is 243 g/mol. The Kier molecular flexibility index (Phi) is 3.38. The number of imidazole rings is 1. The second-order valence-electron chi connectivity index (χ2n) is 4.00. The smallest absolute Gasteiger partial charge is 0.266 e. The van der Waals surface area contributed by atoms with Gasteiger partial charge in [-0.05, 0) is 25.1 Å². The van der Waals surface area contributed by atoms with E-state index in [4.69, 9.17) is 5.73 Å². The summed E-state index contributed by atoms with van der Waals surface area (Å²) in [6, 6.07) is 3.29. The molecule has 0 aliphatic carbocycles. The van der Waals surface area contributed by atoms with Crippen molar-refractivity contribution in [3.8, 4) is 5.69 Å². The maximum absolute atomic E-state index is 13.4. The van der Waals surface area contributed by atoms with Gasteiger partial charge in [0.05, 0.1) is 17.6 Å². The number of hydrogen-bond acceptors (Lipinski definition) is 2. The molecule has 0 saturated carbocycles. The van der Waals surface area contributed by atoms with Crippen molar-refractivity contribution in [1.29, 1.82) is 0 Å². The van der Waals surface area contributed by atoms with Crippen LogP contribution >= 0.6 is 0 Å². The fourth-order valence-corrected chi connectivity index (χ4v) is 1.57. The first-order valence-corrected chi connectivity index (χ1v) is 5.36. The molecule has 3 nitrogen and oxygen atoms in total. The van der Waals surface area contributed by atoms with E-state index in [0.717, 1.165) is 12.1 Å². The number of alkyl halides is 2. The van der Waals surface area contributed by atoms with Crippen LogP contribution in [0.25, 0.3) is 5.69 Å². The van der Waals surface area contributed by atoms with Gasteiger partial charge in [-0.2, -0.15) is 0 Å². The van der Waals surface area contributed by atoms with E-state index < -0.39 is 17.8 Å². The third-order valence-corrected chi connectivity index (χ3v) is 2.59. The van der Waals surface area contributed by atoms with Gasteiger partial charge < -0.3 is 10.3 Å². The molecule has 0 amide bonds. The molecule has 1 aromatic carbocycles. The number of nitrogens with two attached hydrogens (primary N) is 1. The Morgan fingerprint density at radius 1 is 1.33 bits per heavy atom. The van der Waals surface area contributed by atoms with Gasteiger partial charge in [-0.1, -0.05) is 0 Å². The summed E-state index contributed by atoms with van der Waals surface area (Å²) < 4.78 is 39.7. The standard InChI is InChI=1S/C12H12F3N3/c1-7(16)11-5-18(6-17-11)8-2-3-9(12(14)15)10(13)4-8/h2-7,12H,16H2,1H3. The van der Waals surface area contributed by atoms with Gasteiger partial charge in [0.25, 0.3) is 6.43 Å². The van der Waals surface area contributed by atoms with Crippen LogP contribution in [0.2, 0.25) is 0 Å². The van der Waals surface area contributed by atoms with E-state index in [1.54, 1.807) is 13.1 Å². The Morgan fingerprint density at radius 2 is 2.06 bits per heavy atom. The lowest BCUT2D eigenvalue weighted by Gasteiger charge is -2.06. The summed E-state index contributed by atoms with van der Waals surface area (Å²) in [5.74, 6) is -0.932. The molecular formula is C12H12F3N3. The predicted octanol–water partition coefficient (Wildman–Crippen LogP) is 2.97. The van der Waals surface area contributed by atoms with Crippen molar-refractivity contribution in [3.63, 3.8) is 0 Å². The van der Waals surface area contributed by atoms with Gasteiger partial charge in [0, 0.05) is 17.9 Å². The van der Waals surface area contributed by atoms with Crippen molar-refractivity contribution in [2.24, 2.45) is 5.73 Å². The molecule has 0 aliphatic heterocycles. The van der Waals surface area contributed by atoms with Crippen LogP contribution in [0.5, 0.6) is 0 Å². The number of nitrogens with zero attached hydrogens (tertiary/aromatic N) is 2. The molecule has 0 saturated heterocycles. The Balaban J connectivity index is 2.36. The Labute approximate surface area is 102 Å². The summed E-state index contributed by atoms with van der Waals surface area (Å²) in [7, 11) is 0. The van der Waals surface area contributed by atoms with Crippen molar-refractivity contribution in [2.45, 2.75) is 19.4 Å². The van der Waals surface area contributed by atoms with Crippen LogP contribution in [-0.4, -0.2) is 9.55 Å². The minimum absolute atomic E-state index is 0.239. The van der Waals surface area contributed by atoms with Gasteiger partial charge in [-0.15, -0.1) is 0 Å². The van der Waals surface area contributed by atoms with Gasteiger partial charge in [0.15, 0.2) is 0 Å². The minimum Gasteiger partial charge on any atom is -0.323 e. The van der Waals surface area contributed by atoms with Gasteiger partial charge in [0.2, 0.25) is 0 Å². The average Bonchev–Trinajstić information content (AvgIpc) is 2.77. The SMILES string of the molecule is CC(N)c1cn(-c2ccc(C(F)F)c(F)c2)cn1. The molecule has 1 unspecified atom stereocenters. The summed E-state index contributed by atoms with van der Waals surface area (Å²) >= 11 is 0. The Hall–Kier alpha value is -1.82. The van der Waals surface area contributed by atoms with E-state index in [0.29, 0.717) is 11.4 Å². The van der Waals surface area contributed by atoms with Crippen molar-refractivity contribution in [2.75, 3.05) is 0 Å². The van der Waals surface area contributed by atoms with Gasteiger partial charge in [0.1, 0.15) is 5.82 Å². The molecule has 0 radical (unpaired) electrons. The molecule has 2 N–H and O–H groups in total. The van der Waals surface area contributed by atoms with E-state index in [1.807, 2.05) is 0 Å². The first kappa shape index (κ1) is 12.6. The van der Waals surface area contributed by atoms with Crippen LogP contribution in [0.4, 0.5) is 13.2 Å². The zero-order chi connectivity index (χ0) is 13.3. The molecule has 1 aromatic heterocycles. The fraction of sp³-hybridized carbons (Fsp3) is 0.250. The third-order valence-electron chi connectivity index (χ3n) is 2.59. The number of halogens is 3. The topological polar surface area (TPSA) is 43.8 Å². The lowest BCUT2D eigenvalue weighted by molar-refractivity contribution is 0.146. The molecule has 1 atom stereocenters. The summed E-state index contributed by atoms with van der Waals surface area (Å²) in [6.45, 7) is 1.77. The normalized spacial score (nSPS) is 13.0. The molecule has 0 spiro atoms. The zero-order valence-corrected chi connectivity index (χ0v) is 9.65. The van der Waals surface area contributed by atoms with Crippen LogP contribution < -0.4 is 5.73 Å². The maximum Gasteiger partial charge on any atom is 0.266 e. The van der Waals surface area contributed by atoms with E-state index in [1.165, 1.54) is 17.0 Å². The lowest BCUT2D eigenvalue weighted by Crippen LogP contribution is -2.04. The van der Waals surface area contributed by atoms with E-state index >= 15 is 0 Å². The predicted molar refractivity (Wildman–Crippen MR) is 61.1 cm³/mol. The summed E-state index contributed by atoms with van der Waals surface area (Å²) in [4.78, 5) is 4.05. The van der Waals surface area contributed by atoms with Crippen molar-refractivity contribution < 1.29 is 13.2 Å². The van der Waals surface area contributed by atoms with E-state index in [-0.39, 0.29) is 6.04 Å². The monoisotopic (exact) mass is 255 g/mol. The molecule has 2 rings (SSSR count). The highest BCUT2D eigenvalue weighted by molar-refractivity contribution is 5.36. The Bertz CT molecular complexity index is 549.